The lowest BCUT2D eigenvalue weighted by Crippen LogP contribution is -2.53. The van der Waals surface area contributed by atoms with Crippen LogP contribution in [0, 0.1) is 0 Å². The molecule has 1 fully saturated rings. The average Bonchev–Trinajstić information content (AvgIpc) is 2.70. The van der Waals surface area contributed by atoms with Crippen molar-refractivity contribution in [2.75, 3.05) is 26.4 Å². The van der Waals surface area contributed by atoms with E-state index in [1.165, 1.54) is 5.56 Å². The Morgan fingerprint density at radius 2 is 1.96 bits per heavy atom. The lowest BCUT2D eigenvalue weighted by atomic mass is 9.90. The number of nitrogens with one attached hydrogen (secondary N) is 1. The Labute approximate surface area is 161 Å². The van der Waals surface area contributed by atoms with Crippen molar-refractivity contribution in [2.24, 2.45) is 0 Å². The molecule has 5 nitrogen and oxygen atoms in total. The van der Waals surface area contributed by atoms with E-state index in [9.17, 15) is 4.79 Å². The maximum Gasteiger partial charge on any atom is 0.230 e. The van der Waals surface area contributed by atoms with Crippen molar-refractivity contribution >= 4 is 5.91 Å². The second-order valence-electron chi connectivity index (χ2n) is 7.00. The highest BCUT2D eigenvalue weighted by atomic mass is 16.6. The molecular weight excluding hydrogens is 340 g/mol. The van der Waals surface area contributed by atoms with Crippen LogP contribution in [0.2, 0.25) is 0 Å². The Balaban J connectivity index is 1.79. The molecule has 2 atom stereocenters. The van der Waals surface area contributed by atoms with Crippen molar-refractivity contribution < 1.29 is 14.6 Å². The maximum atomic E-state index is 13.4. The number of aliphatic hydroxyl groups is 1. The molecule has 1 aliphatic heterocycles. The number of amides is 1. The Morgan fingerprint density at radius 1 is 1.22 bits per heavy atom. The van der Waals surface area contributed by atoms with E-state index in [-0.39, 0.29) is 24.7 Å². The molecule has 2 N–H and O–H groups in total. The van der Waals surface area contributed by atoms with Gasteiger partial charge >= 0.3 is 0 Å². The van der Waals surface area contributed by atoms with Crippen LogP contribution in [-0.4, -0.2) is 48.4 Å². The smallest absolute Gasteiger partial charge is 0.230 e. The van der Waals surface area contributed by atoms with Gasteiger partial charge in [0.25, 0.3) is 0 Å². The minimum absolute atomic E-state index is 0.186. The first-order valence-corrected chi connectivity index (χ1v) is 9.58. The van der Waals surface area contributed by atoms with Gasteiger partial charge in [0.05, 0.1) is 5.92 Å². The van der Waals surface area contributed by atoms with Crippen molar-refractivity contribution in [2.45, 2.75) is 31.7 Å². The molecule has 27 heavy (non-hydrogen) atoms. The summed E-state index contributed by atoms with van der Waals surface area (Å²) in [5.74, 6) is 0.607. The molecule has 2 unspecified atom stereocenters. The van der Waals surface area contributed by atoms with Gasteiger partial charge in [0.1, 0.15) is 5.75 Å². The molecule has 1 saturated heterocycles. The third-order valence-electron chi connectivity index (χ3n) is 5.16. The van der Waals surface area contributed by atoms with Crippen molar-refractivity contribution in [3.8, 4) is 5.75 Å². The van der Waals surface area contributed by atoms with Gasteiger partial charge in [-0.3, -0.25) is 4.79 Å². The summed E-state index contributed by atoms with van der Waals surface area (Å²) >= 11 is 0. The van der Waals surface area contributed by atoms with Crippen LogP contribution in [0.15, 0.2) is 54.6 Å². The highest BCUT2D eigenvalue weighted by Crippen LogP contribution is 2.27. The van der Waals surface area contributed by atoms with Gasteiger partial charge in [-0.1, -0.05) is 42.5 Å². The van der Waals surface area contributed by atoms with Crippen molar-refractivity contribution in [1.82, 2.24) is 10.2 Å². The van der Waals surface area contributed by atoms with Gasteiger partial charge in [-0.25, -0.2) is 0 Å². The van der Waals surface area contributed by atoms with Crippen molar-refractivity contribution in [1.29, 1.82) is 0 Å². The number of piperazine rings is 1. The summed E-state index contributed by atoms with van der Waals surface area (Å²) in [6.45, 7) is 4.16. The normalized spacial score (nSPS) is 18.1. The summed E-state index contributed by atoms with van der Waals surface area (Å²) in [4.78, 5) is 15.4. The van der Waals surface area contributed by atoms with Crippen LogP contribution in [0.5, 0.6) is 5.75 Å². The fraction of sp³-hybridized carbons (Fsp3) is 0.409. The molecule has 2 aromatic rings. The largest absolute Gasteiger partial charge is 0.468 e. The number of ether oxygens (including phenoxy) is 1. The van der Waals surface area contributed by atoms with Crippen LogP contribution in [0.25, 0.3) is 0 Å². The van der Waals surface area contributed by atoms with Crippen LogP contribution in [0.3, 0.4) is 0 Å². The second-order valence-corrected chi connectivity index (χ2v) is 7.00. The van der Waals surface area contributed by atoms with Gasteiger partial charge in [0.15, 0.2) is 6.79 Å². The molecular formula is C22H28N2O3. The van der Waals surface area contributed by atoms with Gasteiger partial charge in [-0.05, 0) is 43.0 Å². The molecule has 0 aromatic heterocycles. The number of aryl methyl sites for hydroxylation is 1. The molecule has 3 rings (SSSR count). The van der Waals surface area contributed by atoms with Gasteiger partial charge in [-0.15, -0.1) is 0 Å². The van der Waals surface area contributed by atoms with E-state index in [1.54, 1.807) is 0 Å². The van der Waals surface area contributed by atoms with Crippen molar-refractivity contribution in [3.05, 3.63) is 65.7 Å². The molecule has 0 aliphatic carbocycles. The van der Waals surface area contributed by atoms with Gasteiger partial charge < -0.3 is 20.1 Å². The minimum Gasteiger partial charge on any atom is -0.468 e. The van der Waals surface area contributed by atoms with E-state index in [0.29, 0.717) is 5.75 Å². The molecule has 0 saturated carbocycles. The molecule has 1 aliphatic rings. The Hall–Kier alpha value is -2.37. The highest BCUT2D eigenvalue weighted by Gasteiger charge is 2.30. The summed E-state index contributed by atoms with van der Waals surface area (Å²) in [7, 11) is 0. The van der Waals surface area contributed by atoms with E-state index in [2.05, 4.69) is 24.4 Å². The number of benzene rings is 2. The number of hydrogen-bond acceptors (Lipinski definition) is 4. The SMILES string of the molecule is CC1CNCCN1C(=O)C(CCc1ccccc1)c1ccc(OCO)cc1. The zero-order valence-electron chi connectivity index (χ0n) is 15.8. The topological polar surface area (TPSA) is 61.8 Å². The molecule has 0 bridgehead atoms. The molecule has 1 amide bonds. The van der Waals surface area contributed by atoms with E-state index >= 15 is 0 Å². The van der Waals surface area contributed by atoms with Gasteiger partial charge in [-0.2, -0.15) is 0 Å². The molecule has 0 radical (unpaired) electrons. The zero-order chi connectivity index (χ0) is 19.1. The number of carbonyl (C=O) groups excluding carboxylic acids is 1. The molecule has 0 spiro atoms. The molecule has 1 heterocycles. The van der Waals surface area contributed by atoms with Crippen molar-refractivity contribution in [3.63, 3.8) is 0 Å². The summed E-state index contributed by atoms with van der Waals surface area (Å²) < 4.78 is 5.12. The molecule has 144 valence electrons. The van der Waals surface area contributed by atoms with E-state index in [0.717, 1.165) is 38.0 Å². The first-order valence-electron chi connectivity index (χ1n) is 9.58. The summed E-state index contributed by atoms with van der Waals surface area (Å²) in [6.07, 6.45) is 1.62. The fourth-order valence-electron chi connectivity index (χ4n) is 3.63. The molecule has 5 heteroatoms. The number of hydrogen-bond donors (Lipinski definition) is 2. The van der Waals surface area contributed by atoms with E-state index in [1.807, 2.05) is 47.4 Å². The first-order chi connectivity index (χ1) is 13.2. The minimum atomic E-state index is -0.353. The average molecular weight is 368 g/mol. The van der Waals surface area contributed by atoms with Crippen LogP contribution < -0.4 is 10.1 Å². The maximum absolute atomic E-state index is 13.4. The number of nitrogens with zero attached hydrogens (tertiary/aromatic N) is 1. The van der Waals surface area contributed by atoms with Gasteiger partial charge in [0.2, 0.25) is 5.91 Å². The van der Waals surface area contributed by atoms with Crippen LogP contribution in [0.1, 0.15) is 30.4 Å². The van der Waals surface area contributed by atoms with Crippen LogP contribution in [0.4, 0.5) is 0 Å². The quantitative estimate of drug-likeness (QED) is 0.738. The lowest BCUT2D eigenvalue weighted by Gasteiger charge is -2.36. The summed E-state index contributed by atoms with van der Waals surface area (Å²) in [5, 5.41) is 12.3. The molecule has 2 aromatic carbocycles. The monoisotopic (exact) mass is 368 g/mol. The van der Waals surface area contributed by atoms with E-state index in [4.69, 9.17) is 9.84 Å². The second kappa shape index (κ2) is 9.53. The first kappa shape index (κ1) is 19.4. The van der Waals surface area contributed by atoms with Gasteiger partial charge in [0, 0.05) is 25.7 Å². The predicted octanol–water partition coefficient (Wildman–Crippen LogP) is 2.55. The lowest BCUT2D eigenvalue weighted by molar-refractivity contribution is -0.135. The number of aliphatic hydroxyl groups excluding tert-OH is 1. The van der Waals surface area contributed by atoms with Crippen LogP contribution >= 0.6 is 0 Å². The summed E-state index contributed by atoms with van der Waals surface area (Å²) in [6, 6.07) is 18.0. The predicted molar refractivity (Wildman–Crippen MR) is 106 cm³/mol. The summed E-state index contributed by atoms with van der Waals surface area (Å²) in [5.41, 5.74) is 2.23. The highest BCUT2D eigenvalue weighted by molar-refractivity contribution is 5.84. The Morgan fingerprint density at radius 3 is 2.63 bits per heavy atom. The third kappa shape index (κ3) is 5.08. The zero-order valence-corrected chi connectivity index (χ0v) is 15.8. The van der Waals surface area contributed by atoms with E-state index < -0.39 is 0 Å². The number of carbonyl (C=O) groups is 1. The third-order valence-corrected chi connectivity index (χ3v) is 5.16. The van der Waals surface area contributed by atoms with Crippen LogP contribution in [-0.2, 0) is 11.2 Å². The fourth-order valence-corrected chi connectivity index (χ4v) is 3.63. The standard InChI is InChI=1S/C22H28N2O3/c1-17-15-23-13-14-24(17)22(26)21(12-7-18-5-3-2-4-6-18)19-8-10-20(11-9-19)27-16-25/h2-6,8-11,17,21,23,25H,7,12-16H2,1H3. The Kier molecular flexibility index (Phi) is 6.85. The Bertz CT molecular complexity index is 718. The number of rotatable bonds is 7.